The van der Waals surface area contributed by atoms with Crippen LogP contribution in [-0.2, 0) is 21.2 Å². The zero-order valence-corrected chi connectivity index (χ0v) is 20.4. The molecule has 1 aromatic heterocycles. The first kappa shape index (κ1) is 24.0. The Balaban J connectivity index is 1.52. The molecule has 2 aromatic carbocycles. The average Bonchev–Trinajstić information content (AvgIpc) is 3.36. The van der Waals surface area contributed by atoms with Crippen LogP contribution in [0.3, 0.4) is 0 Å². The van der Waals surface area contributed by atoms with E-state index in [1.54, 1.807) is 12.1 Å². The van der Waals surface area contributed by atoms with Crippen LogP contribution in [-0.4, -0.2) is 42.4 Å². The molecule has 1 saturated heterocycles. The molecule has 180 valence electrons. The van der Waals surface area contributed by atoms with Gasteiger partial charge in [0.05, 0.1) is 23.1 Å². The average molecular weight is 482 g/mol. The Kier molecular flexibility index (Phi) is 7.38. The zero-order chi connectivity index (χ0) is 24.1. The molecule has 1 aliphatic heterocycles. The number of ether oxygens (including phenoxy) is 1. The SMILES string of the molecule is CC(C)Oc1ccc(S(=O)(=O)N2CCCCC2)cc1NC(=O)Cc1ccc(-n2cccc2)cc1. The summed E-state index contributed by atoms with van der Waals surface area (Å²) in [5, 5.41) is 2.87. The minimum atomic E-state index is -3.63. The number of hydrogen-bond donors (Lipinski definition) is 1. The van der Waals surface area contributed by atoms with E-state index in [9.17, 15) is 13.2 Å². The van der Waals surface area contributed by atoms with E-state index >= 15 is 0 Å². The van der Waals surface area contributed by atoms with Crippen LogP contribution < -0.4 is 10.1 Å². The standard InChI is InChI=1S/C26H31N3O4S/c1-20(2)33-25-13-12-23(34(31,32)29-16-4-3-5-17-29)19-24(25)27-26(30)18-21-8-10-22(11-9-21)28-14-6-7-15-28/h6-15,19-20H,3-5,16-18H2,1-2H3,(H,27,30). The summed E-state index contributed by atoms with van der Waals surface area (Å²) in [6, 6.07) is 16.3. The summed E-state index contributed by atoms with van der Waals surface area (Å²) in [5.41, 5.74) is 2.23. The fourth-order valence-corrected chi connectivity index (χ4v) is 5.59. The van der Waals surface area contributed by atoms with Gasteiger partial charge >= 0.3 is 0 Å². The van der Waals surface area contributed by atoms with E-state index in [2.05, 4.69) is 5.32 Å². The fourth-order valence-electron chi connectivity index (χ4n) is 4.05. The lowest BCUT2D eigenvalue weighted by Gasteiger charge is -2.26. The molecule has 7 nitrogen and oxygen atoms in total. The normalized spacial score (nSPS) is 14.8. The molecule has 34 heavy (non-hydrogen) atoms. The molecule has 3 aromatic rings. The third kappa shape index (κ3) is 5.69. The third-order valence-corrected chi connectivity index (χ3v) is 7.64. The first-order valence-electron chi connectivity index (χ1n) is 11.7. The number of anilines is 1. The molecule has 4 rings (SSSR count). The monoisotopic (exact) mass is 481 g/mol. The smallest absolute Gasteiger partial charge is 0.243 e. The number of nitrogens with zero attached hydrogens (tertiary/aromatic N) is 2. The fraction of sp³-hybridized carbons (Fsp3) is 0.346. The van der Waals surface area contributed by atoms with Gasteiger partial charge in [-0.05, 0) is 74.7 Å². The van der Waals surface area contributed by atoms with Crippen molar-refractivity contribution in [1.29, 1.82) is 0 Å². The first-order chi connectivity index (χ1) is 16.3. The summed E-state index contributed by atoms with van der Waals surface area (Å²) in [6.45, 7) is 4.81. The number of benzene rings is 2. The van der Waals surface area contributed by atoms with Gasteiger partial charge in [-0.15, -0.1) is 0 Å². The van der Waals surface area contributed by atoms with Crippen molar-refractivity contribution in [2.45, 2.75) is 50.5 Å². The molecular weight excluding hydrogens is 450 g/mol. The van der Waals surface area contributed by atoms with E-state index in [-0.39, 0.29) is 23.3 Å². The lowest BCUT2D eigenvalue weighted by molar-refractivity contribution is -0.115. The number of hydrogen-bond acceptors (Lipinski definition) is 4. The number of sulfonamides is 1. The maximum absolute atomic E-state index is 13.1. The minimum absolute atomic E-state index is 0.124. The first-order valence-corrected chi connectivity index (χ1v) is 13.1. The number of amides is 1. The quantitative estimate of drug-likeness (QED) is 0.509. The summed E-state index contributed by atoms with van der Waals surface area (Å²) in [5.74, 6) is 0.207. The van der Waals surface area contributed by atoms with Crippen molar-refractivity contribution in [2.24, 2.45) is 0 Å². The summed E-state index contributed by atoms with van der Waals surface area (Å²) < 4.78 is 35.7. The van der Waals surface area contributed by atoms with Crippen molar-refractivity contribution < 1.29 is 17.9 Å². The van der Waals surface area contributed by atoms with Crippen molar-refractivity contribution in [3.63, 3.8) is 0 Å². The number of nitrogens with one attached hydrogen (secondary N) is 1. The Hall–Kier alpha value is -3.10. The Morgan fingerprint density at radius 3 is 2.32 bits per heavy atom. The van der Waals surface area contributed by atoms with E-state index in [1.807, 2.05) is 67.2 Å². The molecule has 0 radical (unpaired) electrons. The van der Waals surface area contributed by atoms with Gasteiger partial charge in [-0.3, -0.25) is 4.79 Å². The largest absolute Gasteiger partial charge is 0.489 e. The third-order valence-electron chi connectivity index (χ3n) is 5.74. The Morgan fingerprint density at radius 2 is 1.68 bits per heavy atom. The molecule has 1 amide bonds. The molecule has 1 fully saturated rings. The highest BCUT2D eigenvalue weighted by Crippen LogP contribution is 2.31. The molecule has 0 bridgehead atoms. The van der Waals surface area contributed by atoms with Gasteiger partial charge in [-0.25, -0.2) is 8.42 Å². The Morgan fingerprint density at radius 1 is 1.00 bits per heavy atom. The van der Waals surface area contributed by atoms with Gasteiger partial charge in [0, 0.05) is 31.2 Å². The number of rotatable bonds is 8. The maximum Gasteiger partial charge on any atom is 0.243 e. The van der Waals surface area contributed by atoms with Crippen LogP contribution in [0.4, 0.5) is 5.69 Å². The predicted octanol–water partition coefficient (Wildman–Crippen LogP) is 4.62. The van der Waals surface area contributed by atoms with Gasteiger partial charge in [-0.1, -0.05) is 18.6 Å². The molecule has 0 atom stereocenters. The van der Waals surface area contributed by atoms with Gasteiger partial charge in [0.25, 0.3) is 0 Å². The van der Waals surface area contributed by atoms with Crippen LogP contribution >= 0.6 is 0 Å². The number of aromatic nitrogens is 1. The molecule has 0 saturated carbocycles. The maximum atomic E-state index is 13.1. The minimum Gasteiger partial charge on any atom is -0.489 e. The highest BCUT2D eigenvalue weighted by molar-refractivity contribution is 7.89. The second-order valence-electron chi connectivity index (χ2n) is 8.77. The molecule has 0 unspecified atom stereocenters. The second-order valence-corrected chi connectivity index (χ2v) is 10.7. The molecule has 1 aliphatic rings. The Labute approximate surface area is 201 Å². The Bertz CT molecular complexity index is 1210. The number of carbonyl (C=O) groups is 1. The molecule has 1 N–H and O–H groups in total. The lowest BCUT2D eigenvalue weighted by Crippen LogP contribution is -2.35. The van der Waals surface area contributed by atoms with Crippen LogP contribution in [0, 0.1) is 0 Å². The van der Waals surface area contributed by atoms with Gasteiger partial charge in [0.1, 0.15) is 5.75 Å². The van der Waals surface area contributed by atoms with Gasteiger partial charge < -0.3 is 14.6 Å². The molecule has 2 heterocycles. The van der Waals surface area contributed by atoms with Crippen molar-refractivity contribution >= 4 is 21.6 Å². The van der Waals surface area contributed by atoms with Crippen LogP contribution in [0.15, 0.2) is 71.9 Å². The molecular formula is C26H31N3O4S. The van der Waals surface area contributed by atoms with E-state index < -0.39 is 10.0 Å². The van der Waals surface area contributed by atoms with Crippen molar-refractivity contribution in [2.75, 3.05) is 18.4 Å². The second kappa shape index (κ2) is 10.4. The van der Waals surface area contributed by atoms with E-state index in [4.69, 9.17) is 4.74 Å². The highest BCUT2D eigenvalue weighted by Gasteiger charge is 2.27. The van der Waals surface area contributed by atoms with Crippen LogP contribution in [0.25, 0.3) is 5.69 Å². The van der Waals surface area contributed by atoms with Gasteiger partial charge in [0.15, 0.2) is 0 Å². The number of carbonyl (C=O) groups excluding carboxylic acids is 1. The van der Waals surface area contributed by atoms with E-state index in [0.29, 0.717) is 24.5 Å². The molecule has 8 heteroatoms. The predicted molar refractivity (Wildman–Crippen MR) is 133 cm³/mol. The summed E-state index contributed by atoms with van der Waals surface area (Å²) >= 11 is 0. The zero-order valence-electron chi connectivity index (χ0n) is 19.6. The summed E-state index contributed by atoms with van der Waals surface area (Å²) in [4.78, 5) is 13.0. The van der Waals surface area contributed by atoms with Gasteiger partial charge in [0.2, 0.25) is 15.9 Å². The highest BCUT2D eigenvalue weighted by atomic mass is 32.2. The number of piperidine rings is 1. The van der Waals surface area contributed by atoms with E-state index in [1.165, 1.54) is 10.4 Å². The van der Waals surface area contributed by atoms with Crippen molar-refractivity contribution in [1.82, 2.24) is 8.87 Å². The molecule has 0 aliphatic carbocycles. The van der Waals surface area contributed by atoms with E-state index in [0.717, 1.165) is 30.5 Å². The topological polar surface area (TPSA) is 80.6 Å². The van der Waals surface area contributed by atoms with Gasteiger partial charge in [-0.2, -0.15) is 4.31 Å². The van der Waals surface area contributed by atoms with Crippen LogP contribution in [0.2, 0.25) is 0 Å². The summed E-state index contributed by atoms with van der Waals surface area (Å²) in [6.07, 6.45) is 6.73. The van der Waals surface area contributed by atoms with Crippen molar-refractivity contribution in [3.8, 4) is 11.4 Å². The van der Waals surface area contributed by atoms with Crippen LogP contribution in [0.5, 0.6) is 5.75 Å². The lowest BCUT2D eigenvalue weighted by atomic mass is 10.1. The van der Waals surface area contributed by atoms with Crippen LogP contribution in [0.1, 0.15) is 38.7 Å². The van der Waals surface area contributed by atoms with Crippen molar-refractivity contribution in [3.05, 3.63) is 72.6 Å². The molecule has 0 spiro atoms. The summed E-state index contributed by atoms with van der Waals surface area (Å²) in [7, 11) is -3.63.